The number of amides is 2. The molecule has 0 radical (unpaired) electrons. The van der Waals surface area contributed by atoms with Crippen LogP contribution in [0, 0.1) is 5.82 Å². The van der Waals surface area contributed by atoms with Crippen molar-refractivity contribution < 1.29 is 14.0 Å². The maximum atomic E-state index is 12.8. The number of hydrogen-bond acceptors (Lipinski definition) is 3. The summed E-state index contributed by atoms with van der Waals surface area (Å²) in [5.74, 6) is -1.32. The van der Waals surface area contributed by atoms with Gasteiger partial charge in [-0.3, -0.25) is 15.0 Å². The van der Waals surface area contributed by atoms with Gasteiger partial charge in [-0.2, -0.15) is 0 Å². The molecule has 5 nitrogen and oxygen atoms in total. The van der Waals surface area contributed by atoms with E-state index in [-0.39, 0.29) is 18.1 Å². The average Bonchev–Trinajstić information content (AvgIpc) is 2.50. The van der Waals surface area contributed by atoms with Gasteiger partial charge in [-0.1, -0.05) is 42.5 Å². The number of rotatable bonds is 6. The molecule has 114 valence electrons. The second kappa shape index (κ2) is 7.33. The normalized spacial score (nSPS) is 11.7. The summed E-state index contributed by atoms with van der Waals surface area (Å²) in [5.41, 5.74) is 11.7. The smallest absolute Gasteiger partial charge is 0.240 e. The van der Waals surface area contributed by atoms with Gasteiger partial charge in [0, 0.05) is 0 Å². The molecular formula is C16H16FN3O2. The molecule has 4 N–H and O–H groups in total. The number of nitrogens with two attached hydrogens (primary N) is 1. The molecule has 0 saturated heterocycles. The lowest BCUT2D eigenvalue weighted by Crippen LogP contribution is -2.45. The van der Waals surface area contributed by atoms with Gasteiger partial charge in [0.1, 0.15) is 11.9 Å². The van der Waals surface area contributed by atoms with Crippen LogP contribution >= 0.6 is 0 Å². The van der Waals surface area contributed by atoms with Crippen LogP contribution in [0.4, 0.5) is 4.39 Å². The van der Waals surface area contributed by atoms with Gasteiger partial charge in [0.05, 0.1) is 6.42 Å². The van der Waals surface area contributed by atoms with Crippen molar-refractivity contribution in [3.8, 4) is 0 Å². The lowest BCUT2D eigenvalue weighted by molar-refractivity contribution is -0.123. The fourth-order valence-corrected chi connectivity index (χ4v) is 1.95. The molecule has 0 saturated carbocycles. The summed E-state index contributed by atoms with van der Waals surface area (Å²) in [7, 11) is 0. The molecule has 6 heteroatoms. The fraction of sp³-hybridized carbons (Fsp3) is 0.125. The minimum absolute atomic E-state index is 0.0630. The first kappa shape index (κ1) is 15.7. The van der Waals surface area contributed by atoms with E-state index in [1.165, 1.54) is 24.3 Å². The van der Waals surface area contributed by atoms with Gasteiger partial charge in [0.15, 0.2) is 0 Å². The molecule has 0 aliphatic rings. The Morgan fingerprint density at radius 2 is 1.68 bits per heavy atom. The van der Waals surface area contributed by atoms with Crippen molar-refractivity contribution >= 4 is 11.8 Å². The third kappa shape index (κ3) is 4.39. The van der Waals surface area contributed by atoms with Gasteiger partial charge in [0.2, 0.25) is 11.8 Å². The molecule has 1 atom stereocenters. The van der Waals surface area contributed by atoms with E-state index in [0.717, 1.165) is 0 Å². The van der Waals surface area contributed by atoms with Gasteiger partial charge < -0.3 is 5.73 Å². The first-order chi connectivity index (χ1) is 10.6. The number of carbonyl (C=O) groups is 2. The van der Waals surface area contributed by atoms with E-state index in [1.807, 2.05) is 6.07 Å². The Labute approximate surface area is 127 Å². The highest BCUT2D eigenvalue weighted by atomic mass is 19.1. The summed E-state index contributed by atoms with van der Waals surface area (Å²) in [4.78, 5) is 23.3. The molecule has 0 spiro atoms. The van der Waals surface area contributed by atoms with E-state index >= 15 is 0 Å². The van der Waals surface area contributed by atoms with E-state index < -0.39 is 11.9 Å². The lowest BCUT2D eigenvalue weighted by atomic mass is 10.1. The fourth-order valence-electron chi connectivity index (χ4n) is 1.95. The van der Waals surface area contributed by atoms with Crippen LogP contribution in [0.1, 0.15) is 17.2 Å². The number of hydrogen-bond donors (Lipinski definition) is 3. The van der Waals surface area contributed by atoms with Crippen molar-refractivity contribution in [3.63, 3.8) is 0 Å². The summed E-state index contributed by atoms with van der Waals surface area (Å²) in [6, 6.07) is 13.6. The summed E-state index contributed by atoms with van der Waals surface area (Å²) < 4.78 is 12.8. The molecule has 0 aliphatic heterocycles. The quantitative estimate of drug-likeness (QED) is 0.701. The zero-order chi connectivity index (χ0) is 15.9. The van der Waals surface area contributed by atoms with E-state index in [4.69, 9.17) is 5.73 Å². The molecule has 2 rings (SSSR count). The van der Waals surface area contributed by atoms with Crippen molar-refractivity contribution in [1.29, 1.82) is 0 Å². The highest BCUT2D eigenvalue weighted by Crippen LogP contribution is 2.10. The molecule has 0 bridgehead atoms. The molecule has 2 amide bonds. The highest BCUT2D eigenvalue weighted by Gasteiger charge is 2.17. The van der Waals surface area contributed by atoms with Crippen LogP contribution in [-0.4, -0.2) is 11.8 Å². The molecule has 0 heterocycles. The second-order valence-electron chi connectivity index (χ2n) is 4.74. The second-order valence-corrected chi connectivity index (χ2v) is 4.74. The van der Waals surface area contributed by atoms with E-state index in [2.05, 4.69) is 10.9 Å². The van der Waals surface area contributed by atoms with Gasteiger partial charge in [-0.15, -0.1) is 0 Å². The van der Waals surface area contributed by atoms with Crippen LogP contribution in [-0.2, 0) is 16.0 Å². The van der Waals surface area contributed by atoms with Gasteiger partial charge in [-0.25, -0.2) is 9.82 Å². The average molecular weight is 301 g/mol. The Morgan fingerprint density at radius 1 is 1.05 bits per heavy atom. The first-order valence-electron chi connectivity index (χ1n) is 6.69. The lowest BCUT2D eigenvalue weighted by Gasteiger charge is -2.16. The van der Waals surface area contributed by atoms with E-state index in [9.17, 15) is 14.0 Å². The van der Waals surface area contributed by atoms with Gasteiger partial charge in [0.25, 0.3) is 0 Å². The Balaban J connectivity index is 1.93. The molecule has 2 aromatic carbocycles. The molecule has 1 unspecified atom stereocenters. The number of hydrazine groups is 1. The first-order valence-corrected chi connectivity index (χ1v) is 6.69. The minimum Gasteiger partial charge on any atom is -0.368 e. The van der Waals surface area contributed by atoms with Crippen LogP contribution in [0.2, 0.25) is 0 Å². The third-order valence-corrected chi connectivity index (χ3v) is 3.05. The third-order valence-electron chi connectivity index (χ3n) is 3.05. The number of halogens is 1. The Bertz CT molecular complexity index is 644. The Morgan fingerprint density at radius 3 is 2.27 bits per heavy atom. The predicted molar refractivity (Wildman–Crippen MR) is 79.8 cm³/mol. The SMILES string of the molecule is NC(=O)C(NNC(=O)Cc1ccc(F)cc1)c1ccccc1. The van der Waals surface area contributed by atoms with Crippen LogP contribution in [0.25, 0.3) is 0 Å². The number of nitrogens with one attached hydrogen (secondary N) is 2. The van der Waals surface area contributed by atoms with Crippen LogP contribution in [0.5, 0.6) is 0 Å². The molecule has 0 aliphatic carbocycles. The number of primary amides is 1. The van der Waals surface area contributed by atoms with Crippen molar-refractivity contribution in [2.75, 3.05) is 0 Å². The van der Waals surface area contributed by atoms with Crippen molar-refractivity contribution in [3.05, 3.63) is 71.5 Å². The van der Waals surface area contributed by atoms with Crippen molar-refractivity contribution in [1.82, 2.24) is 10.9 Å². The molecule has 0 aromatic heterocycles. The van der Waals surface area contributed by atoms with Crippen LogP contribution in [0.15, 0.2) is 54.6 Å². The molecule has 2 aromatic rings. The largest absolute Gasteiger partial charge is 0.368 e. The standard InChI is InChI=1S/C16H16FN3O2/c17-13-8-6-11(7-9-13)10-14(21)19-20-15(16(18)22)12-4-2-1-3-5-12/h1-9,15,20H,10H2,(H2,18,22)(H,19,21). The predicted octanol–water partition coefficient (Wildman–Crippen LogP) is 1.22. The van der Waals surface area contributed by atoms with Crippen molar-refractivity contribution in [2.24, 2.45) is 5.73 Å². The van der Waals surface area contributed by atoms with E-state index in [1.54, 1.807) is 24.3 Å². The molecule has 0 fully saturated rings. The summed E-state index contributed by atoms with van der Waals surface area (Å²) in [5, 5.41) is 0. The Hall–Kier alpha value is -2.73. The minimum atomic E-state index is -0.821. The van der Waals surface area contributed by atoms with Crippen LogP contribution in [0.3, 0.4) is 0 Å². The maximum absolute atomic E-state index is 12.8. The topological polar surface area (TPSA) is 84.2 Å². The van der Waals surface area contributed by atoms with E-state index in [0.29, 0.717) is 11.1 Å². The van der Waals surface area contributed by atoms with Crippen LogP contribution < -0.4 is 16.6 Å². The molecular weight excluding hydrogens is 285 g/mol. The summed E-state index contributed by atoms with van der Waals surface area (Å²) in [6.45, 7) is 0. The summed E-state index contributed by atoms with van der Waals surface area (Å²) >= 11 is 0. The highest BCUT2D eigenvalue weighted by molar-refractivity contribution is 5.83. The zero-order valence-electron chi connectivity index (χ0n) is 11.8. The monoisotopic (exact) mass is 301 g/mol. The Kier molecular flexibility index (Phi) is 5.21. The maximum Gasteiger partial charge on any atom is 0.240 e. The number of benzene rings is 2. The zero-order valence-corrected chi connectivity index (χ0v) is 11.8. The molecule has 22 heavy (non-hydrogen) atoms. The van der Waals surface area contributed by atoms with Gasteiger partial charge >= 0.3 is 0 Å². The summed E-state index contributed by atoms with van der Waals surface area (Å²) in [6.07, 6.45) is 0.0630. The van der Waals surface area contributed by atoms with Crippen molar-refractivity contribution in [2.45, 2.75) is 12.5 Å². The van der Waals surface area contributed by atoms with Gasteiger partial charge in [-0.05, 0) is 23.3 Å². The number of carbonyl (C=O) groups excluding carboxylic acids is 2.